The van der Waals surface area contributed by atoms with Crippen LogP contribution in [0, 0.1) is 6.92 Å². The fourth-order valence-corrected chi connectivity index (χ4v) is 5.30. The maximum absolute atomic E-state index is 14.1. The molecule has 0 spiro atoms. The van der Waals surface area contributed by atoms with Crippen LogP contribution in [0.15, 0.2) is 48.5 Å². The topological polar surface area (TPSA) is 141 Å². The van der Waals surface area contributed by atoms with Gasteiger partial charge in [-0.3, -0.25) is 19.3 Å². The molecular weight excluding hydrogens is 490 g/mol. The zero-order chi connectivity index (χ0) is 26.5. The second-order valence-electron chi connectivity index (χ2n) is 9.17. The number of carbonyl (C=O) groups is 3. The Balaban J connectivity index is 1.83. The first-order valence-corrected chi connectivity index (χ1v) is 13.0. The summed E-state index contributed by atoms with van der Waals surface area (Å²) in [6.45, 7) is 1.94. The summed E-state index contributed by atoms with van der Waals surface area (Å²) < 4.78 is 9.30. The average Bonchev–Trinajstić information content (AvgIpc) is 3.29. The number of benzene rings is 2. The van der Waals surface area contributed by atoms with E-state index in [0.29, 0.717) is 17.0 Å². The lowest BCUT2D eigenvalue weighted by Crippen LogP contribution is -2.47. The number of methoxy groups -OCH3 is 1. The molecule has 0 radical (unpaired) electrons. The number of aromatic nitrogens is 1. The SMILES string of the molecule is COc1ccc([C@H](C(=O)NC2CCCCC2)N(C(=O)c2snc(C(N)=O)c2N)c2ccc(C)cc2)cc1. The Hall–Kier alpha value is -3.92. The summed E-state index contributed by atoms with van der Waals surface area (Å²) in [4.78, 5) is 41.2. The number of nitrogens with two attached hydrogens (primary N) is 2. The van der Waals surface area contributed by atoms with Crippen molar-refractivity contribution in [3.05, 3.63) is 70.2 Å². The molecular formula is C27H31N5O4S. The third kappa shape index (κ3) is 5.75. The summed E-state index contributed by atoms with van der Waals surface area (Å²) in [5, 5.41) is 3.17. The average molecular weight is 522 g/mol. The van der Waals surface area contributed by atoms with Crippen molar-refractivity contribution < 1.29 is 19.1 Å². The van der Waals surface area contributed by atoms with E-state index < -0.39 is 17.9 Å². The summed E-state index contributed by atoms with van der Waals surface area (Å²) in [6, 6.07) is 13.4. The first-order chi connectivity index (χ1) is 17.8. The van der Waals surface area contributed by atoms with Gasteiger partial charge in [-0.1, -0.05) is 49.1 Å². The molecule has 1 saturated carbocycles. The number of hydrogen-bond donors (Lipinski definition) is 3. The third-order valence-corrected chi connectivity index (χ3v) is 7.43. The van der Waals surface area contributed by atoms with Crippen LogP contribution in [0.3, 0.4) is 0 Å². The standard InChI is InChI=1S/C27H31N5O4S/c1-16-8-12-19(13-9-16)32(27(35)24-21(28)22(25(29)33)31-37-24)23(17-10-14-20(36-2)15-11-17)26(34)30-18-6-4-3-5-7-18/h8-15,18,23H,3-7,28H2,1-2H3,(H2,29,33)(H,30,34)/t23-/m1/s1. The van der Waals surface area contributed by atoms with Gasteiger partial charge in [0.1, 0.15) is 16.7 Å². The number of nitrogens with zero attached hydrogens (tertiary/aromatic N) is 2. The molecule has 1 heterocycles. The van der Waals surface area contributed by atoms with Gasteiger partial charge in [-0.15, -0.1) is 0 Å². The van der Waals surface area contributed by atoms with E-state index in [9.17, 15) is 14.4 Å². The zero-order valence-electron chi connectivity index (χ0n) is 20.9. The molecule has 1 atom stereocenters. The Kier molecular flexibility index (Phi) is 8.08. The summed E-state index contributed by atoms with van der Waals surface area (Å²) in [6.07, 6.45) is 5.03. The molecule has 9 nitrogen and oxygen atoms in total. The lowest BCUT2D eigenvalue weighted by Gasteiger charge is -2.33. The summed E-state index contributed by atoms with van der Waals surface area (Å²) in [5.41, 5.74) is 13.4. The Morgan fingerprint density at radius 1 is 1.05 bits per heavy atom. The van der Waals surface area contributed by atoms with Crippen LogP contribution in [-0.2, 0) is 4.79 Å². The fraction of sp³-hybridized carbons (Fsp3) is 0.333. The van der Waals surface area contributed by atoms with E-state index in [1.165, 1.54) is 4.90 Å². The first-order valence-electron chi connectivity index (χ1n) is 12.2. The number of rotatable bonds is 8. The van der Waals surface area contributed by atoms with Gasteiger partial charge in [-0.2, -0.15) is 4.37 Å². The van der Waals surface area contributed by atoms with E-state index >= 15 is 0 Å². The van der Waals surface area contributed by atoms with Crippen LogP contribution in [0.1, 0.15) is 69.4 Å². The predicted molar refractivity (Wildman–Crippen MR) is 144 cm³/mol. The third-order valence-electron chi connectivity index (χ3n) is 6.58. The van der Waals surface area contributed by atoms with Crippen molar-refractivity contribution in [2.75, 3.05) is 17.7 Å². The maximum Gasteiger partial charge on any atom is 0.273 e. The van der Waals surface area contributed by atoms with Gasteiger partial charge < -0.3 is 21.5 Å². The lowest BCUT2D eigenvalue weighted by atomic mass is 9.94. The van der Waals surface area contributed by atoms with Crippen molar-refractivity contribution in [1.29, 1.82) is 0 Å². The van der Waals surface area contributed by atoms with Crippen LogP contribution in [0.2, 0.25) is 0 Å². The molecule has 3 amide bonds. The van der Waals surface area contributed by atoms with Gasteiger partial charge in [-0.05, 0) is 61.1 Å². The van der Waals surface area contributed by atoms with E-state index in [1.807, 2.05) is 19.1 Å². The first kappa shape index (κ1) is 26.2. The molecule has 2 aromatic carbocycles. The molecule has 37 heavy (non-hydrogen) atoms. The molecule has 1 aliphatic rings. The van der Waals surface area contributed by atoms with Crippen molar-refractivity contribution in [2.45, 2.75) is 51.1 Å². The number of primary amides is 1. The smallest absolute Gasteiger partial charge is 0.273 e. The van der Waals surface area contributed by atoms with E-state index in [0.717, 1.165) is 49.2 Å². The maximum atomic E-state index is 14.1. The van der Waals surface area contributed by atoms with Gasteiger partial charge in [0.2, 0.25) is 5.91 Å². The highest BCUT2D eigenvalue weighted by Gasteiger charge is 2.37. The van der Waals surface area contributed by atoms with E-state index in [2.05, 4.69) is 9.69 Å². The van der Waals surface area contributed by atoms with Crippen LogP contribution in [0.25, 0.3) is 0 Å². The molecule has 0 aliphatic heterocycles. The largest absolute Gasteiger partial charge is 0.497 e. The van der Waals surface area contributed by atoms with Gasteiger partial charge in [0, 0.05) is 11.7 Å². The molecule has 1 aromatic heterocycles. The Labute approximate surface area is 220 Å². The van der Waals surface area contributed by atoms with Crippen molar-refractivity contribution in [1.82, 2.24) is 9.69 Å². The van der Waals surface area contributed by atoms with Gasteiger partial charge >= 0.3 is 0 Å². The van der Waals surface area contributed by atoms with Gasteiger partial charge in [-0.25, -0.2) is 0 Å². The number of nitrogens with one attached hydrogen (secondary N) is 1. The molecule has 1 aliphatic carbocycles. The van der Waals surface area contributed by atoms with Crippen molar-refractivity contribution in [3.63, 3.8) is 0 Å². The second-order valence-corrected chi connectivity index (χ2v) is 9.94. The van der Waals surface area contributed by atoms with E-state index in [-0.39, 0.29) is 28.2 Å². The quantitative estimate of drug-likeness (QED) is 0.410. The molecule has 0 saturated heterocycles. The van der Waals surface area contributed by atoms with Gasteiger partial charge in [0.25, 0.3) is 11.8 Å². The highest BCUT2D eigenvalue weighted by Crippen LogP contribution is 2.34. The molecule has 0 unspecified atom stereocenters. The number of nitrogen functional groups attached to an aromatic ring is 1. The summed E-state index contributed by atoms with van der Waals surface area (Å²) >= 11 is 0.786. The minimum Gasteiger partial charge on any atom is -0.497 e. The molecule has 3 aromatic rings. The predicted octanol–water partition coefficient (Wildman–Crippen LogP) is 3.98. The molecule has 5 N–H and O–H groups in total. The van der Waals surface area contributed by atoms with E-state index in [4.69, 9.17) is 16.2 Å². The molecule has 0 bridgehead atoms. The number of ether oxygens (including phenoxy) is 1. The van der Waals surface area contributed by atoms with Crippen LogP contribution < -0.4 is 26.4 Å². The number of aryl methyl sites for hydroxylation is 1. The minimum atomic E-state index is -1.01. The van der Waals surface area contributed by atoms with E-state index in [1.54, 1.807) is 43.5 Å². The van der Waals surface area contributed by atoms with Crippen molar-refractivity contribution >= 4 is 40.6 Å². The summed E-state index contributed by atoms with van der Waals surface area (Å²) in [5.74, 6) is -1.05. The Morgan fingerprint density at radius 3 is 2.27 bits per heavy atom. The van der Waals surface area contributed by atoms with Gasteiger partial charge in [0.15, 0.2) is 5.69 Å². The zero-order valence-corrected chi connectivity index (χ0v) is 21.7. The van der Waals surface area contributed by atoms with Crippen molar-refractivity contribution in [2.24, 2.45) is 5.73 Å². The lowest BCUT2D eigenvalue weighted by molar-refractivity contribution is -0.123. The Bertz CT molecular complexity index is 1270. The van der Waals surface area contributed by atoms with Gasteiger partial charge in [0.05, 0.1) is 12.8 Å². The summed E-state index contributed by atoms with van der Waals surface area (Å²) in [7, 11) is 1.56. The monoisotopic (exact) mass is 521 g/mol. The number of hydrogen-bond acceptors (Lipinski definition) is 7. The van der Waals surface area contributed by atoms with Crippen LogP contribution in [-0.4, -0.2) is 35.2 Å². The fourth-order valence-electron chi connectivity index (χ4n) is 4.56. The number of anilines is 2. The Morgan fingerprint density at radius 2 is 1.70 bits per heavy atom. The number of amides is 3. The number of carbonyl (C=O) groups excluding carboxylic acids is 3. The van der Waals surface area contributed by atoms with Crippen LogP contribution in [0.5, 0.6) is 5.75 Å². The molecule has 194 valence electrons. The van der Waals surface area contributed by atoms with Crippen LogP contribution >= 0.6 is 11.5 Å². The van der Waals surface area contributed by atoms with Crippen LogP contribution in [0.4, 0.5) is 11.4 Å². The second kappa shape index (κ2) is 11.4. The highest BCUT2D eigenvalue weighted by atomic mass is 32.1. The molecule has 10 heteroatoms. The molecule has 4 rings (SSSR count). The highest BCUT2D eigenvalue weighted by molar-refractivity contribution is 7.09. The molecule has 1 fully saturated rings. The van der Waals surface area contributed by atoms with Crippen molar-refractivity contribution in [3.8, 4) is 5.75 Å². The normalized spacial score (nSPS) is 14.5. The minimum absolute atomic E-state index is 0.0342.